The normalized spacial score (nSPS) is 11.5. The SMILES string of the molecule is FC(F)(F)c1ccccc1-c1ccc(=S)[nH]n1. The van der Waals surface area contributed by atoms with Crippen LogP contribution in [0.3, 0.4) is 0 Å². The molecule has 0 saturated carbocycles. The van der Waals surface area contributed by atoms with Crippen molar-refractivity contribution in [2.24, 2.45) is 0 Å². The zero-order valence-corrected chi connectivity index (χ0v) is 9.27. The van der Waals surface area contributed by atoms with Gasteiger partial charge in [-0.1, -0.05) is 30.4 Å². The molecule has 88 valence electrons. The second-order valence-electron chi connectivity index (χ2n) is 3.35. The first-order valence-corrected chi connectivity index (χ1v) is 5.11. The number of nitrogens with one attached hydrogen (secondary N) is 1. The van der Waals surface area contributed by atoms with E-state index in [9.17, 15) is 13.2 Å². The average molecular weight is 256 g/mol. The van der Waals surface area contributed by atoms with E-state index >= 15 is 0 Å². The number of nitrogens with zero attached hydrogens (tertiary/aromatic N) is 1. The molecule has 0 aliphatic heterocycles. The van der Waals surface area contributed by atoms with Gasteiger partial charge in [0, 0.05) is 5.56 Å². The highest BCUT2D eigenvalue weighted by molar-refractivity contribution is 7.71. The molecule has 0 spiro atoms. The molecule has 0 amide bonds. The molecule has 0 aliphatic rings. The third-order valence-corrected chi connectivity index (χ3v) is 2.41. The summed E-state index contributed by atoms with van der Waals surface area (Å²) in [6.45, 7) is 0. The van der Waals surface area contributed by atoms with Crippen LogP contribution in [0.25, 0.3) is 11.3 Å². The predicted molar refractivity (Wildman–Crippen MR) is 59.9 cm³/mol. The number of hydrogen-bond acceptors (Lipinski definition) is 2. The van der Waals surface area contributed by atoms with Crippen molar-refractivity contribution in [2.45, 2.75) is 6.18 Å². The molecule has 2 rings (SSSR count). The molecule has 0 fully saturated rings. The van der Waals surface area contributed by atoms with Gasteiger partial charge in [0.05, 0.1) is 11.3 Å². The van der Waals surface area contributed by atoms with Gasteiger partial charge in [-0.05, 0) is 18.2 Å². The van der Waals surface area contributed by atoms with Crippen LogP contribution in [-0.4, -0.2) is 10.2 Å². The average Bonchev–Trinajstić information content (AvgIpc) is 2.29. The summed E-state index contributed by atoms with van der Waals surface area (Å²) >= 11 is 4.79. The van der Waals surface area contributed by atoms with Crippen molar-refractivity contribution >= 4 is 12.2 Å². The summed E-state index contributed by atoms with van der Waals surface area (Å²) in [5.74, 6) is 0. The standard InChI is InChI=1S/C11H7F3N2S/c12-11(13,14)8-4-2-1-3-7(8)9-5-6-10(17)16-15-9/h1-6H,(H,16,17). The summed E-state index contributed by atoms with van der Waals surface area (Å²) in [5, 5.41) is 6.27. The maximum Gasteiger partial charge on any atom is 0.417 e. The Balaban J connectivity index is 2.60. The first kappa shape index (κ1) is 11.8. The van der Waals surface area contributed by atoms with Gasteiger partial charge in [-0.25, -0.2) is 0 Å². The van der Waals surface area contributed by atoms with Gasteiger partial charge in [-0.15, -0.1) is 0 Å². The van der Waals surface area contributed by atoms with Crippen molar-refractivity contribution in [3.8, 4) is 11.3 Å². The molecule has 2 aromatic rings. The van der Waals surface area contributed by atoms with E-state index < -0.39 is 11.7 Å². The van der Waals surface area contributed by atoms with Crippen molar-refractivity contribution in [2.75, 3.05) is 0 Å². The van der Waals surface area contributed by atoms with Gasteiger partial charge in [0.2, 0.25) is 0 Å². The number of aromatic nitrogens is 2. The molecule has 0 bridgehead atoms. The van der Waals surface area contributed by atoms with Crippen LogP contribution in [0.2, 0.25) is 0 Å². The maximum atomic E-state index is 12.8. The number of hydrogen-bond donors (Lipinski definition) is 1. The monoisotopic (exact) mass is 256 g/mol. The Hall–Kier alpha value is -1.69. The van der Waals surface area contributed by atoms with Crippen LogP contribution >= 0.6 is 12.2 Å². The molecule has 17 heavy (non-hydrogen) atoms. The summed E-state index contributed by atoms with van der Waals surface area (Å²) in [6, 6.07) is 8.25. The number of aromatic amines is 1. The number of H-pyrrole nitrogens is 1. The molecule has 2 nitrogen and oxygen atoms in total. The Labute approximate surface area is 100 Å². The Bertz CT molecular complexity index is 569. The fraction of sp³-hybridized carbons (Fsp3) is 0.0909. The Kier molecular flexibility index (Phi) is 2.97. The molecule has 0 aliphatic carbocycles. The summed E-state index contributed by atoms with van der Waals surface area (Å²) in [5.41, 5.74) is -0.462. The Morgan fingerprint density at radius 3 is 2.35 bits per heavy atom. The molecule has 0 radical (unpaired) electrons. The van der Waals surface area contributed by atoms with E-state index in [-0.39, 0.29) is 11.3 Å². The number of alkyl halides is 3. The van der Waals surface area contributed by atoms with Crippen molar-refractivity contribution < 1.29 is 13.2 Å². The van der Waals surface area contributed by atoms with Crippen molar-refractivity contribution in [1.82, 2.24) is 10.2 Å². The van der Waals surface area contributed by atoms with Gasteiger partial charge in [0.25, 0.3) is 0 Å². The van der Waals surface area contributed by atoms with E-state index in [1.165, 1.54) is 30.3 Å². The highest BCUT2D eigenvalue weighted by Crippen LogP contribution is 2.35. The zero-order valence-electron chi connectivity index (χ0n) is 8.45. The van der Waals surface area contributed by atoms with E-state index in [2.05, 4.69) is 10.2 Å². The Morgan fingerprint density at radius 2 is 1.76 bits per heavy atom. The van der Waals surface area contributed by atoms with Crippen molar-refractivity contribution in [3.63, 3.8) is 0 Å². The lowest BCUT2D eigenvalue weighted by molar-refractivity contribution is -0.137. The highest BCUT2D eigenvalue weighted by Gasteiger charge is 2.33. The smallest absolute Gasteiger partial charge is 0.267 e. The molecule has 6 heteroatoms. The molecule has 0 unspecified atom stereocenters. The second-order valence-corrected chi connectivity index (χ2v) is 3.79. The molecule has 0 atom stereocenters. The summed E-state index contributed by atoms with van der Waals surface area (Å²) in [6.07, 6.45) is -4.40. The largest absolute Gasteiger partial charge is 0.417 e. The van der Waals surface area contributed by atoms with Crippen LogP contribution < -0.4 is 0 Å². The molecule has 0 saturated heterocycles. The lowest BCUT2D eigenvalue weighted by Gasteiger charge is -2.11. The topological polar surface area (TPSA) is 28.7 Å². The second kappa shape index (κ2) is 4.29. The minimum atomic E-state index is -4.40. The van der Waals surface area contributed by atoms with E-state index in [0.29, 0.717) is 4.64 Å². The summed E-state index contributed by atoms with van der Waals surface area (Å²) < 4.78 is 38.6. The first-order chi connectivity index (χ1) is 7.98. The lowest BCUT2D eigenvalue weighted by atomic mass is 10.0. The molecule has 1 heterocycles. The van der Waals surface area contributed by atoms with Crippen LogP contribution in [0.5, 0.6) is 0 Å². The Morgan fingerprint density at radius 1 is 1.06 bits per heavy atom. The quantitative estimate of drug-likeness (QED) is 0.786. The number of benzene rings is 1. The van der Waals surface area contributed by atoms with Gasteiger partial charge in [0.1, 0.15) is 4.64 Å². The van der Waals surface area contributed by atoms with Crippen LogP contribution in [0.1, 0.15) is 5.56 Å². The highest BCUT2D eigenvalue weighted by atomic mass is 32.1. The third-order valence-electron chi connectivity index (χ3n) is 2.19. The summed E-state index contributed by atoms with van der Waals surface area (Å²) in [7, 11) is 0. The third kappa shape index (κ3) is 2.52. The van der Waals surface area contributed by atoms with Gasteiger partial charge >= 0.3 is 6.18 Å². The minimum Gasteiger partial charge on any atom is -0.267 e. The van der Waals surface area contributed by atoms with E-state index in [1.807, 2.05) is 0 Å². The van der Waals surface area contributed by atoms with Gasteiger partial charge in [-0.2, -0.15) is 18.3 Å². The van der Waals surface area contributed by atoms with Gasteiger partial charge in [-0.3, -0.25) is 5.10 Å². The van der Waals surface area contributed by atoms with Gasteiger partial charge < -0.3 is 0 Å². The molecular formula is C11H7F3N2S. The van der Waals surface area contributed by atoms with Crippen LogP contribution in [0.15, 0.2) is 36.4 Å². The molecule has 1 aromatic heterocycles. The number of halogens is 3. The number of rotatable bonds is 1. The summed E-state index contributed by atoms with van der Waals surface area (Å²) in [4.78, 5) is 0. The van der Waals surface area contributed by atoms with Crippen molar-refractivity contribution in [3.05, 3.63) is 46.6 Å². The lowest BCUT2D eigenvalue weighted by Crippen LogP contribution is -2.07. The minimum absolute atomic E-state index is 0.0336. The van der Waals surface area contributed by atoms with Crippen LogP contribution in [0.4, 0.5) is 13.2 Å². The molecular weight excluding hydrogens is 249 g/mol. The van der Waals surface area contributed by atoms with Crippen LogP contribution in [-0.2, 0) is 6.18 Å². The predicted octanol–water partition coefficient (Wildman–Crippen LogP) is 3.82. The maximum absolute atomic E-state index is 12.8. The van der Waals surface area contributed by atoms with E-state index in [0.717, 1.165) is 6.07 Å². The van der Waals surface area contributed by atoms with E-state index in [4.69, 9.17) is 12.2 Å². The van der Waals surface area contributed by atoms with Crippen molar-refractivity contribution in [1.29, 1.82) is 0 Å². The fourth-order valence-electron chi connectivity index (χ4n) is 1.45. The fourth-order valence-corrected chi connectivity index (χ4v) is 1.56. The first-order valence-electron chi connectivity index (χ1n) is 4.71. The van der Waals surface area contributed by atoms with Gasteiger partial charge in [0.15, 0.2) is 0 Å². The zero-order chi connectivity index (χ0) is 12.5. The van der Waals surface area contributed by atoms with E-state index in [1.54, 1.807) is 0 Å². The molecule has 1 aromatic carbocycles. The van der Waals surface area contributed by atoms with Crippen LogP contribution in [0, 0.1) is 4.64 Å². The molecule has 1 N–H and O–H groups in total.